The molecule has 0 rings (SSSR count). The molecule has 0 unspecified atom stereocenters. The van der Waals surface area contributed by atoms with Crippen molar-refractivity contribution in [3.05, 3.63) is 0 Å². The van der Waals surface area contributed by atoms with Gasteiger partial charge in [-0.25, -0.2) is 0 Å². The third-order valence-corrected chi connectivity index (χ3v) is 10.1. The van der Waals surface area contributed by atoms with Gasteiger partial charge in [-0.15, -0.1) is 0 Å². The summed E-state index contributed by atoms with van der Waals surface area (Å²) in [5, 5.41) is 21.5. The summed E-state index contributed by atoms with van der Waals surface area (Å²) in [7, 11) is 0. The molecule has 0 atom stereocenters. The number of Topliss-reactive ketones (excluding diaryl/α,β-unsaturated/α-hetero) is 2. The summed E-state index contributed by atoms with van der Waals surface area (Å²) in [5.74, 6) is 0.0150. The van der Waals surface area contributed by atoms with E-state index in [0.717, 1.165) is 38.5 Å². The smallest absolute Gasteiger partial charge is 0.164 e. The van der Waals surface area contributed by atoms with Crippen LogP contribution in [0.4, 0.5) is 0 Å². The Hall–Kier alpha value is -0.780. The van der Waals surface area contributed by atoms with Crippen LogP contribution >= 0.6 is 0 Å². The van der Waals surface area contributed by atoms with Gasteiger partial charge in [0.25, 0.3) is 0 Å². The average Bonchev–Trinajstić information content (AvgIpc) is 3.04. The molecule has 3 N–H and O–H groups in total. The molecular weight excluding hydrogens is 570 g/mol. The second-order valence-corrected chi connectivity index (χ2v) is 14.7. The van der Waals surface area contributed by atoms with E-state index in [2.05, 4.69) is 19.2 Å². The summed E-state index contributed by atoms with van der Waals surface area (Å²) < 4.78 is 0. The van der Waals surface area contributed by atoms with E-state index in [0.29, 0.717) is 12.8 Å². The molecule has 5 nitrogen and oxygen atoms in total. The number of carbonyl (C=O) groups excluding carboxylic acids is 2. The predicted octanol–water partition coefficient (Wildman–Crippen LogP) is 11.6. The third-order valence-electron chi connectivity index (χ3n) is 10.1. The Labute approximate surface area is 287 Å². The minimum atomic E-state index is -1.49. The molecule has 274 valence electrons. The Bertz CT molecular complexity index is 619. The van der Waals surface area contributed by atoms with E-state index < -0.39 is 11.7 Å². The second kappa shape index (κ2) is 34.1. The fourth-order valence-electron chi connectivity index (χ4n) is 6.67. The van der Waals surface area contributed by atoms with Gasteiger partial charge in [0.15, 0.2) is 6.29 Å². The lowest BCUT2D eigenvalue weighted by Gasteiger charge is -2.27. The van der Waals surface area contributed by atoms with Gasteiger partial charge in [-0.1, -0.05) is 194 Å². The Kier molecular flexibility index (Phi) is 33.5. The molecule has 0 aromatic carbocycles. The van der Waals surface area contributed by atoms with Crippen LogP contribution < -0.4 is 5.32 Å². The van der Waals surface area contributed by atoms with Crippen molar-refractivity contribution in [1.82, 2.24) is 5.32 Å². The van der Waals surface area contributed by atoms with Crippen LogP contribution in [0.15, 0.2) is 0 Å². The Balaban J connectivity index is 4.06. The van der Waals surface area contributed by atoms with Crippen molar-refractivity contribution in [2.45, 2.75) is 233 Å². The predicted molar refractivity (Wildman–Crippen MR) is 198 cm³/mol. The Morgan fingerprint density at radius 1 is 0.457 bits per heavy atom. The third kappa shape index (κ3) is 28.3. The first-order valence-electron chi connectivity index (χ1n) is 20.5. The van der Waals surface area contributed by atoms with Crippen molar-refractivity contribution in [2.75, 3.05) is 13.1 Å². The maximum atomic E-state index is 13.3. The van der Waals surface area contributed by atoms with Gasteiger partial charge in [0.2, 0.25) is 0 Å². The molecule has 0 aliphatic rings. The van der Waals surface area contributed by atoms with Crippen molar-refractivity contribution in [2.24, 2.45) is 5.41 Å². The summed E-state index contributed by atoms with van der Waals surface area (Å²) in [6.07, 6.45) is 38.0. The molecule has 0 bridgehead atoms. The number of carbonyl (C=O) groups is 2. The molecule has 0 fully saturated rings. The maximum Gasteiger partial charge on any atom is 0.164 e. The van der Waals surface area contributed by atoms with E-state index in [4.69, 9.17) is 0 Å². The number of ketones is 2. The lowest BCUT2D eigenvalue weighted by molar-refractivity contribution is -0.140. The standard InChI is InChI=1S/C41H81NO4/c1-4-6-8-10-12-14-16-18-20-22-24-26-28-30-32-34-38(43)41(3,37-42-36-40(45)46)39(44)35-33-31-29-27-25-23-21-19-17-15-13-11-9-7-5-2/h40,42,45-46H,4-37H2,1-3H3. The van der Waals surface area contributed by atoms with Gasteiger partial charge in [0.1, 0.15) is 11.6 Å². The van der Waals surface area contributed by atoms with Crippen LogP contribution in [0.1, 0.15) is 226 Å². The molecular formula is C41H81NO4. The molecule has 5 heteroatoms. The number of aliphatic hydroxyl groups is 2. The van der Waals surface area contributed by atoms with Gasteiger partial charge >= 0.3 is 0 Å². The molecule has 46 heavy (non-hydrogen) atoms. The molecule has 0 heterocycles. The summed E-state index contributed by atoms with van der Waals surface area (Å²) in [4.78, 5) is 26.6. The highest BCUT2D eigenvalue weighted by atomic mass is 16.5. The van der Waals surface area contributed by atoms with E-state index in [9.17, 15) is 19.8 Å². The molecule has 0 aliphatic heterocycles. The molecule has 0 radical (unpaired) electrons. The quantitative estimate of drug-likeness (QED) is 0.0351. The largest absolute Gasteiger partial charge is 0.367 e. The minimum Gasteiger partial charge on any atom is -0.367 e. The van der Waals surface area contributed by atoms with E-state index in [1.807, 2.05) is 0 Å². The normalized spacial score (nSPS) is 12.0. The van der Waals surface area contributed by atoms with Crippen molar-refractivity contribution in [1.29, 1.82) is 0 Å². The zero-order chi connectivity index (χ0) is 34.0. The number of unbranched alkanes of at least 4 members (excludes halogenated alkanes) is 28. The lowest BCUT2D eigenvalue weighted by Crippen LogP contribution is -2.46. The lowest BCUT2D eigenvalue weighted by atomic mass is 9.77. The van der Waals surface area contributed by atoms with E-state index in [-0.39, 0.29) is 24.7 Å². The number of nitrogens with one attached hydrogen (secondary N) is 1. The maximum absolute atomic E-state index is 13.3. The molecule has 0 aromatic rings. The first-order valence-corrected chi connectivity index (χ1v) is 20.5. The van der Waals surface area contributed by atoms with Crippen LogP contribution in [0, 0.1) is 5.41 Å². The topological polar surface area (TPSA) is 86.6 Å². The zero-order valence-electron chi connectivity index (χ0n) is 31.3. The highest BCUT2D eigenvalue weighted by Gasteiger charge is 2.38. The van der Waals surface area contributed by atoms with Gasteiger partial charge < -0.3 is 15.5 Å². The fraction of sp³-hybridized carbons (Fsp3) is 0.951. The van der Waals surface area contributed by atoms with Crippen LogP contribution in [0.3, 0.4) is 0 Å². The van der Waals surface area contributed by atoms with Crippen LogP contribution in [-0.2, 0) is 9.59 Å². The number of hydrogen-bond donors (Lipinski definition) is 3. The van der Waals surface area contributed by atoms with Crippen molar-refractivity contribution in [3.63, 3.8) is 0 Å². The van der Waals surface area contributed by atoms with Gasteiger partial charge in [0.05, 0.1) is 5.41 Å². The zero-order valence-corrected chi connectivity index (χ0v) is 31.3. The van der Waals surface area contributed by atoms with Crippen molar-refractivity contribution in [3.8, 4) is 0 Å². The summed E-state index contributed by atoms with van der Waals surface area (Å²) in [5.41, 5.74) is -1.08. The van der Waals surface area contributed by atoms with Crippen LogP contribution in [0.2, 0.25) is 0 Å². The van der Waals surface area contributed by atoms with Gasteiger partial charge in [-0.3, -0.25) is 9.59 Å². The molecule has 0 spiro atoms. The molecule has 0 amide bonds. The number of aliphatic hydroxyl groups excluding tert-OH is 1. The highest BCUT2D eigenvalue weighted by molar-refractivity contribution is 6.06. The molecule has 0 aromatic heterocycles. The number of rotatable bonds is 38. The van der Waals surface area contributed by atoms with Crippen LogP contribution in [-0.4, -0.2) is 41.2 Å². The van der Waals surface area contributed by atoms with E-state index >= 15 is 0 Å². The number of hydrogen-bond acceptors (Lipinski definition) is 5. The summed E-state index contributed by atoms with van der Waals surface area (Å²) >= 11 is 0. The molecule has 0 saturated carbocycles. The van der Waals surface area contributed by atoms with Crippen molar-refractivity contribution >= 4 is 11.6 Å². The Morgan fingerprint density at radius 3 is 0.935 bits per heavy atom. The van der Waals surface area contributed by atoms with E-state index in [1.54, 1.807) is 6.92 Å². The van der Waals surface area contributed by atoms with Crippen LogP contribution in [0.5, 0.6) is 0 Å². The minimum absolute atomic E-state index is 0.00748. The first kappa shape index (κ1) is 45.2. The first-order chi connectivity index (χ1) is 22.4. The van der Waals surface area contributed by atoms with Crippen molar-refractivity contribution < 1.29 is 19.8 Å². The monoisotopic (exact) mass is 652 g/mol. The molecule has 0 saturated heterocycles. The Morgan fingerprint density at radius 2 is 0.696 bits per heavy atom. The van der Waals surface area contributed by atoms with Gasteiger partial charge in [-0.2, -0.15) is 0 Å². The van der Waals surface area contributed by atoms with Crippen LogP contribution in [0.25, 0.3) is 0 Å². The summed E-state index contributed by atoms with van der Waals surface area (Å²) in [6, 6.07) is 0. The van der Waals surface area contributed by atoms with Gasteiger partial charge in [-0.05, 0) is 19.8 Å². The average molecular weight is 652 g/mol. The van der Waals surface area contributed by atoms with Gasteiger partial charge in [0, 0.05) is 25.9 Å². The summed E-state index contributed by atoms with van der Waals surface area (Å²) in [6.45, 7) is 6.46. The second-order valence-electron chi connectivity index (χ2n) is 14.7. The van der Waals surface area contributed by atoms with E-state index in [1.165, 1.54) is 154 Å². The fourth-order valence-corrected chi connectivity index (χ4v) is 6.67. The molecule has 0 aliphatic carbocycles. The highest BCUT2D eigenvalue weighted by Crippen LogP contribution is 2.26. The SMILES string of the molecule is CCCCCCCCCCCCCCCCCC(=O)C(C)(CNCC(O)O)C(=O)CCCCCCCCCCCCCCCCC.